The van der Waals surface area contributed by atoms with Gasteiger partial charge in [-0.05, 0) is 98.4 Å². The molecule has 0 aliphatic carbocycles. The highest BCUT2D eigenvalue weighted by Crippen LogP contribution is 2.39. The van der Waals surface area contributed by atoms with Crippen LogP contribution in [-0.4, -0.2) is 59.3 Å². The first-order valence-corrected chi connectivity index (χ1v) is 18.3. The minimum atomic E-state index is -5.02. The summed E-state index contributed by atoms with van der Waals surface area (Å²) in [6.45, 7) is 9.50. The quantitative estimate of drug-likeness (QED) is 0.0626. The summed E-state index contributed by atoms with van der Waals surface area (Å²) in [5.74, 6) is 0.440. The van der Waals surface area contributed by atoms with Gasteiger partial charge in [0.1, 0.15) is 0 Å². The van der Waals surface area contributed by atoms with Crippen LogP contribution in [-0.2, 0) is 24.7 Å². The second-order valence-corrected chi connectivity index (χ2v) is 14.7. The molecule has 56 heavy (non-hydrogen) atoms. The number of hydrogen-bond acceptors (Lipinski definition) is 3. The van der Waals surface area contributed by atoms with E-state index in [1.54, 1.807) is 0 Å². The van der Waals surface area contributed by atoms with Crippen molar-refractivity contribution in [2.75, 3.05) is 36.8 Å². The molecule has 314 valence electrons. The van der Waals surface area contributed by atoms with Crippen molar-refractivity contribution >= 4 is 52.0 Å². The number of hydrogen-bond donors (Lipinski definition) is 5. The Morgan fingerprint density at radius 3 is 1.30 bits per heavy atom. The Morgan fingerprint density at radius 2 is 0.964 bits per heavy atom. The van der Waals surface area contributed by atoms with Crippen LogP contribution in [0, 0.1) is 11.8 Å². The first-order valence-electron chi connectivity index (χ1n) is 17.5. The third-order valence-corrected chi connectivity index (χ3v) is 9.22. The second kappa shape index (κ2) is 19.1. The first kappa shape index (κ1) is 46.6. The van der Waals surface area contributed by atoms with Crippen LogP contribution >= 0.6 is 24.4 Å². The second-order valence-electron chi connectivity index (χ2n) is 13.9. The molecule has 0 spiro atoms. The number of thiocarbonyl (C=S) groups is 2. The van der Waals surface area contributed by atoms with Gasteiger partial charge >= 0.3 is 24.7 Å². The van der Waals surface area contributed by atoms with Gasteiger partial charge in [0, 0.05) is 49.6 Å². The molecule has 0 radical (unpaired) electrons. The fraction of sp³-hybridized carbons (Fsp3) is 0.571. The normalized spacial score (nSPS) is 15.5. The molecule has 1 fully saturated rings. The lowest BCUT2D eigenvalue weighted by Gasteiger charge is -2.27. The number of guanidine groups is 1. The van der Waals surface area contributed by atoms with Crippen LogP contribution in [0.4, 0.5) is 64.1 Å². The van der Waals surface area contributed by atoms with Gasteiger partial charge < -0.3 is 31.5 Å². The standard InChI is InChI=1S/C35H43F12N7S2/c1-19(2)27(52-30(55)50-25-15-21(32(36,37)38)13-22(16-25)33(39,40)41)7-9-48-29(54-11-5-6-12-54)49-10-8-28(20(3)4)53-31(56)51-26-17-23(34(42,43)44)14-24(18-26)35(45,46)47/h13-20,27-28H,5-12H2,1-4H3,(H,48,49)(H2,50,52,55)(H2,51,53,56)/t27-,28-/m1/s1. The van der Waals surface area contributed by atoms with Crippen molar-refractivity contribution in [1.29, 1.82) is 0 Å². The number of benzene rings is 2. The Morgan fingerprint density at radius 1 is 0.607 bits per heavy atom. The molecule has 2 atom stereocenters. The van der Waals surface area contributed by atoms with Crippen molar-refractivity contribution in [3.8, 4) is 0 Å². The molecular formula is C35H43F12N7S2. The topological polar surface area (TPSA) is 75.8 Å². The Kier molecular flexibility index (Phi) is 15.9. The lowest BCUT2D eigenvalue weighted by Crippen LogP contribution is -2.45. The summed E-state index contributed by atoms with van der Waals surface area (Å²) in [7, 11) is 0. The molecule has 0 amide bonds. The molecule has 3 rings (SSSR count). The highest BCUT2D eigenvalue weighted by molar-refractivity contribution is 7.80. The summed E-state index contributed by atoms with van der Waals surface area (Å²) >= 11 is 10.5. The van der Waals surface area contributed by atoms with Gasteiger partial charge in [0.25, 0.3) is 0 Å². The van der Waals surface area contributed by atoms with E-state index in [1.165, 1.54) is 0 Å². The van der Waals surface area contributed by atoms with E-state index in [0.29, 0.717) is 49.6 Å². The van der Waals surface area contributed by atoms with Crippen molar-refractivity contribution in [3.05, 3.63) is 58.7 Å². The zero-order valence-corrected chi connectivity index (χ0v) is 32.3. The molecule has 21 heteroatoms. The molecule has 1 aliphatic heterocycles. The summed E-state index contributed by atoms with van der Waals surface area (Å²) in [5, 5.41) is 13.8. The largest absolute Gasteiger partial charge is 0.416 e. The minimum absolute atomic E-state index is 0.0252. The SMILES string of the molecule is CC(C)[C@@H](CCN=C(NCC[C@@H](NC(=S)Nc1cc(C(F)(F)F)cc(C(F)(F)F)c1)C(C)C)N1CCCC1)NC(=S)Nc1cc(C(F)(F)F)cc(C(F)(F)F)c1. The van der Waals surface area contributed by atoms with Crippen LogP contribution in [0.2, 0.25) is 0 Å². The number of likely N-dealkylation sites (tertiary alicyclic amines) is 1. The van der Waals surface area contributed by atoms with Crippen LogP contribution in [0.25, 0.3) is 0 Å². The molecule has 1 saturated heterocycles. The van der Waals surface area contributed by atoms with E-state index >= 15 is 0 Å². The molecule has 0 unspecified atom stereocenters. The summed E-state index contributed by atoms with van der Waals surface area (Å²) < 4.78 is 160. The molecule has 7 nitrogen and oxygen atoms in total. The lowest BCUT2D eigenvalue weighted by molar-refractivity contribution is -0.144. The molecule has 2 aromatic rings. The number of nitrogens with one attached hydrogen (secondary N) is 5. The molecule has 1 heterocycles. The summed E-state index contributed by atoms with van der Waals surface area (Å²) in [5.41, 5.74) is -6.90. The molecule has 0 aromatic heterocycles. The van der Waals surface area contributed by atoms with Crippen molar-refractivity contribution < 1.29 is 52.7 Å². The van der Waals surface area contributed by atoms with Crippen molar-refractivity contribution in [2.45, 2.75) is 90.2 Å². The first-order chi connectivity index (χ1) is 25.7. The number of rotatable bonds is 12. The van der Waals surface area contributed by atoms with Crippen LogP contribution in [0.15, 0.2) is 41.4 Å². The molecule has 0 saturated carbocycles. The predicted molar refractivity (Wildman–Crippen MR) is 199 cm³/mol. The highest BCUT2D eigenvalue weighted by atomic mass is 32.1. The van der Waals surface area contributed by atoms with Gasteiger partial charge in [-0.1, -0.05) is 27.7 Å². The fourth-order valence-electron chi connectivity index (χ4n) is 5.72. The number of alkyl halides is 12. The van der Waals surface area contributed by atoms with Gasteiger partial charge in [-0.2, -0.15) is 52.7 Å². The van der Waals surface area contributed by atoms with E-state index in [0.717, 1.165) is 25.9 Å². The average Bonchev–Trinajstić information content (AvgIpc) is 3.59. The van der Waals surface area contributed by atoms with Gasteiger partial charge in [-0.3, -0.25) is 4.99 Å². The summed E-state index contributed by atoms with van der Waals surface area (Å²) in [6.07, 6.45) is -17.4. The molecular weight excluding hydrogens is 811 g/mol. The number of halogens is 12. The maximum Gasteiger partial charge on any atom is 0.416 e. The smallest absolute Gasteiger partial charge is 0.359 e. The lowest BCUT2D eigenvalue weighted by atomic mass is 10.0. The maximum atomic E-state index is 13.3. The van der Waals surface area contributed by atoms with Crippen LogP contribution in [0.3, 0.4) is 0 Å². The predicted octanol–water partition coefficient (Wildman–Crippen LogP) is 9.91. The van der Waals surface area contributed by atoms with Gasteiger partial charge in [-0.25, -0.2) is 0 Å². The zero-order valence-electron chi connectivity index (χ0n) is 30.7. The Balaban J connectivity index is 1.65. The Labute approximate surface area is 327 Å². The van der Waals surface area contributed by atoms with E-state index in [2.05, 4.69) is 26.6 Å². The van der Waals surface area contributed by atoms with Crippen LogP contribution in [0.5, 0.6) is 0 Å². The molecule has 2 aromatic carbocycles. The number of aliphatic imine (C=N–C) groups is 1. The molecule has 1 aliphatic rings. The monoisotopic (exact) mass is 853 g/mol. The average molecular weight is 854 g/mol. The Bertz CT molecular complexity index is 1600. The third-order valence-electron chi connectivity index (χ3n) is 8.78. The van der Waals surface area contributed by atoms with Crippen molar-refractivity contribution in [1.82, 2.24) is 20.9 Å². The van der Waals surface area contributed by atoms with Gasteiger partial charge in [0.15, 0.2) is 16.2 Å². The third kappa shape index (κ3) is 14.6. The van der Waals surface area contributed by atoms with E-state index in [4.69, 9.17) is 29.4 Å². The summed E-state index contributed by atoms with van der Waals surface area (Å²) in [4.78, 5) is 6.79. The van der Waals surface area contributed by atoms with E-state index in [-0.39, 0.29) is 52.8 Å². The zero-order chi connectivity index (χ0) is 42.2. The molecule has 5 N–H and O–H groups in total. The van der Waals surface area contributed by atoms with Gasteiger partial charge in [0.2, 0.25) is 0 Å². The van der Waals surface area contributed by atoms with E-state index < -0.39 is 58.3 Å². The van der Waals surface area contributed by atoms with Crippen LogP contribution < -0.4 is 26.6 Å². The van der Waals surface area contributed by atoms with Gasteiger partial charge in [0.05, 0.1) is 22.3 Å². The highest BCUT2D eigenvalue weighted by Gasteiger charge is 2.38. The van der Waals surface area contributed by atoms with E-state index in [1.807, 2.05) is 32.6 Å². The summed E-state index contributed by atoms with van der Waals surface area (Å²) in [6, 6.07) is 1.48. The van der Waals surface area contributed by atoms with Crippen molar-refractivity contribution in [3.63, 3.8) is 0 Å². The number of anilines is 2. The van der Waals surface area contributed by atoms with Crippen molar-refractivity contribution in [2.24, 2.45) is 16.8 Å². The van der Waals surface area contributed by atoms with Crippen LogP contribution in [0.1, 0.15) is 75.6 Å². The van der Waals surface area contributed by atoms with Gasteiger partial charge in [-0.15, -0.1) is 0 Å². The number of nitrogens with zero attached hydrogens (tertiary/aromatic N) is 2. The Hall–Kier alpha value is -3.75. The molecule has 0 bridgehead atoms. The maximum absolute atomic E-state index is 13.3. The van der Waals surface area contributed by atoms with E-state index in [9.17, 15) is 52.7 Å². The fourth-order valence-corrected chi connectivity index (χ4v) is 6.25. The minimum Gasteiger partial charge on any atom is -0.359 e.